The van der Waals surface area contributed by atoms with Crippen molar-refractivity contribution < 1.29 is 18.7 Å². The molecule has 0 bridgehead atoms. The third-order valence-corrected chi connectivity index (χ3v) is 3.51. The van der Waals surface area contributed by atoms with Gasteiger partial charge in [-0.05, 0) is 29.9 Å². The highest BCUT2D eigenvalue weighted by Gasteiger charge is 2.43. The lowest BCUT2D eigenvalue weighted by atomic mass is 9.95. The van der Waals surface area contributed by atoms with Crippen molar-refractivity contribution in [2.24, 2.45) is 10.7 Å². The number of aliphatic imine (C=N–C) groups is 1. The Morgan fingerprint density at radius 2 is 1.95 bits per heavy atom. The van der Waals surface area contributed by atoms with E-state index in [9.17, 15) is 13.6 Å². The van der Waals surface area contributed by atoms with Gasteiger partial charge in [-0.1, -0.05) is 38.1 Å². The Labute approximate surface area is 129 Å². The number of benzene rings is 1. The van der Waals surface area contributed by atoms with Crippen LogP contribution in [0.4, 0.5) is 8.78 Å². The lowest BCUT2D eigenvalue weighted by Crippen LogP contribution is -2.54. The van der Waals surface area contributed by atoms with Gasteiger partial charge >= 0.3 is 5.97 Å². The number of hydrogen-bond donors (Lipinski definition) is 2. The molecule has 4 nitrogen and oxygen atoms in total. The fourth-order valence-corrected chi connectivity index (χ4v) is 1.91. The molecule has 1 aromatic rings. The van der Waals surface area contributed by atoms with Crippen molar-refractivity contribution in [1.82, 2.24) is 0 Å². The van der Waals surface area contributed by atoms with Gasteiger partial charge in [0.05, 0.1) is 0 Å². The molecule has 0 heterocycles. The van der Waals surface area contributed by atoms with Gasteiger partial charge in [0.1, 0.15) is 0 Å². The highest BCUT2D eigenvalue weighted by atomic mass is 19.3. The summed E-state index contributed by atoms with van der Waals surface area (Å²) in [6.07, 6.45) is -1.58. The average Bonchev–Trinajstić information content (AvgIpc) is 2.46. The molecule has 0 radical (unpaired) electrons. The minimum Gasteiger partial charge on any atom is -0.480 e. The minimum absolute atomic E-state index is 0.188. The van der Waals surface area contributed by atoms with Gasteiger partial charge < -0.3 is 10.8 Å². The fourth-order valence-electron chi connectivity index (χ4n) is 1.91. The standard InChI is InChI=1S/C16H22F2N2O2/c1-11(2)13-6-4-12(5-7-13)10-20-9-3-8-16(19,14(17)18)15(21)22/h4-7,10-11,14H,3,8-9,19H2,1-2H3,(H,21,22)/b20-10+. The summed E-state index contributed by atoms with van der Waals surface area (Å²) in [7, 11) is 0. The Balaban J connectivity index is 2.48. The van der Waals surface area contributed by atoms with E-state index < -0.39 is 17.9 Å². The smallest absolute Gasteiger partial charge is 0.329 e. The number of carboxylic acids is 1. The second-order valence-corrected chi connectivity index (χ2v) is 5.61. The van der Waals surface area contributed by atoms with Crippen LogP contribution >= 0.6 is 0 Å². The summed E-state index contributed by atoms with van der Waals surface area (Å²) in [5.41, 5.74) is 4.87. The predicted octanol–water partition coefficient (Wildman–Crippen LogP) is 3.06. The number of halogens is 2. The van der Waals surface area contributed by atoms with Crippen molar-refractivity contribution in [1.29, 1.82) is 0 Å². The van der Waals surface area contributed by atoms with Crippen LogP contribution in [0.3, 0.4) is 0 Å². The number of hydrogen-bond acceptors (Lipinski definition) is 3. The first kappa shape index (κ1) is 18.2. The monoisotopic (exact) mass is 312 g/mol. The molecule has 1 aromatic carbocycles. The number of carboxylic acid groups (broad SMARTS) is 1. The van der Waals surface area contributed by atoms with Crippen molar-refractivity contribution in [2.45, 2.75) is 44.6 Å². The Morgan fingerprint density at radius 1 is 1.36 bits per heavy atom. The molecule has 3 N–H and O–H groups in total. The molecular weight excluding hydrogens is 290 g/mol. The van der Waals surface area contributed by atoms with E-state index in [1.54, 1.807) is 6.21 Å². The lowest BCUT2D eigenvalue weighted by Gasteiger charge is -2.22. The first-order chi connectivity index (χ1) is 10.3. The Kier molecular flexibility index (Phi) is 6.61. The maximum Gasteiger partial charge on any atom is 0.329 e. The zero-order chi connectivity index (χ0) is 16.8. The van der Waals surface area contributed by atoms with Crippen molar-refractivity contribution in [3.05, 3.63) is 35.4 Å². The lowest BCUT2D eigenvalue weighted by molar-refractivity contribution is -0.150. The molecule has 1 unspecified atom stereocenters. The molecule has 22 heavy (non-hydrogen) atoms. The maximum atomic E-state index is 12.7. The number of carbonyl (C=O) groups is 1. The number of nitrogens with two attached hydrogens (primary N) is 1. The number of rotatable bonds is 8. The van der Waals surface area contributed by atoms with Crippen LogP contribution in [-0.2, 0) is 4.79 Å². The second-order valence-electron chi connectivity index (χ2n) is 5.61. The van der Waals surface area contributed by atoms with Crippen LogP contribution in [0.5, 0.6) is 0 Å². The van der Waals surface area contributed by atoms with E-state index in [1.165, 1.54) is 5.56 Å². The van der Waals surface area contributed by atoms with Gasteiger partial charge in [0.2, 0.25) is 0 Å². The van der Waals surface area contributed by atoms with E-state index in [4.69, 9.17) is 10.8 Å². The molecular formula is C16H22F2N2O2. The quantitative estimate of drug-likeness (QED) is 0.572. The van der Waals surface area contributed by atoms with E-state index in [2.05, 4.69) is 18.8 Å². The first-order valence-corrected chi connectivity index (χ1v) is 7.17. The number of aliphatic carboxylic acids is 1. The highest BCUT2D eigenvalue weighted by molar-refractivity contribution is 5.80. The molecule has 0 aliphatic heterocycles. The van der Waals surface area contributed by atoms with Crippen LogP contribution in [0.15, 0.2) is 29.3 Å². The second kappa shape index (κ2) is 7.98. The molecule has 1 atom stereocenters. The van der Waals surface area contributed by atoms with Crippen LogP contribution in [-0.4, -0.2) is 35.8 Å². The van der Waals surface area contributed by atoms with E-state index in [0.717, 1.165) is 5.56 Å². The van der Waals surface area contributed by atoms with E-state index in [1.807, 2.05) is 24.3 Å². The van der Waals surface area contributed by atoms with E-state index >= 15 is 0 Å². The topological polar surface area (TPSA) is 75.7 Å². The molecule has 0 aliphatic carbocycles. The molecule has 122 valence electrons. The SMILES string of the molecule is CC(C)c1ccc(/C=N/CCCC(N)(C(=O)O)C(F)F)cc1. The van der Waals surface area contributed by atoms with Crippen LogP contribution in [0.25, 0.3) is 0 Å². The van der Waals surface area contributed by atoms with Crippen LogP contribution < -0.4 is 5.73 Å². The van der Waals surface area contributed by atoms with Crippen LogP contribution in [0, 0.1) is 0 Å². The molecule has 1 rings (SSSR count). The minimum atomic E-state index is -3.10. The van der Waals surface area contributed by atoms with Gasteiger partial charge in [0, 0.05) is 12.8 Å². The summed E-state index contributed by atoms with van der Waals surface area (Å²) in [5, 5.41) is 8.76. The highest BCUT2D eigenvalue weighted by Crippen LogP contribution is 2.19. The zero-order valence-corrected chi connectivity index (χ0v) is 12.8. The van der Waals surface area contributed by atoms with Gasteiger partial charge in [0.25, 0.3) is 6.43 Å². The molecule has 0 fully saturated rings. The summed E-state index contributed by atoms with van der Waals surface area (Å²) < 4.78 is 25.3. The van der Waals surface area contributed by atoms with Gasteiger partial charge in [-0.15, -0.1) is 0 Å². The predicted molar refractivity (Wildman–Crippen MR) is 82.8 cm³/mol. The van der Waals surface area contributed by atoms with Crippen LogP contribution in [0.1, 0.15) is 43.7 Å². The molecule has 0 saturated heterocycles. The Bertz CT molecular complexity index is 515. The Morgan fingerprint density at radius 3 is 2.41 bits per heavy atom. The summed E-state index contributed by atoms with van der Waals surface area (Å²) >= 11 is 0. The molecule has 0 spiro atoms. The molecule has 6 heteroatoms. The number of nitrogens with zero attached hydrogens (tertiary/aromatic N) is 1. The maximum absolute atomic E-state index is 12.7. The van der Waals surface area contributed by atoms with Crippen molar-refractivity contribution in [3.63, 3.8) is 0 Å². The summed E-state index contributed by atoms with van der Waals surface area (Å²) in [6, 6.07) is 7.89. The molecule has 0 aliphatic rings. The number of alkyl halides is 2. The zero-order valence-electron chi connectivity index (χ0n) is 12.8. The third-order valence-electron chi connectivity index (χ3n) is 3.51. The van der Waals surface area contributed by atoms with E-state index in [0.29, 0.717) is 5.92 Å². The van der Waals surface area contributed by atoms with E-state index in [-0.39, 0.29) is 19.4 Å². The van der Waals surface area contributed by atoms with Crippen LogP contribution in [0.2, 0.25) is 0 Å². The summed E-state index contributed by atoms with van der Waals surface area (Å²) in [4.78, 5) is 14.9. The molecule has 0 aromatic heterocycles. The van der Waals surface area contributed by atoms with Crippen molar-refractivity contribution >= 4 is 12.2 Å². The molecule has 0 amide bonds. The third kappa shape index (κ3) is 4.87. The van der Waals surface area contributed by atoms with Gasteiger partial charge in [-0.2, -0.15) is 0 Å². The van der Waals surface area contributed by atoms with Crippen molar-refractivity contribution in [3.8, 4) is 0 Å². The van der Waals surface area contributed by atoms with Gasteiger partial charge in [-0.25, -0.2) is 13.6 Å². The molecule has 0 saturated carbocycles. The average molecular weight is 312 g/mol. The fraction of sp³-hybridized carbons (Fsp3) is 0.500. The summed E-state index contributed by atoms with van der Waals surface area (Å²) in [6.45, 7) is 4.46. The Hall–Kier alpha value is -1.82. The van der Waals surface area contributed by atoms with Gasteiger partial charge in [-0.3, -0.25) is 4.99 Å². The summed E-state index contributed by atoms with van der Waals surface area (Å²) in [5.74, 6) is -1.23. The normalized spacial score (nSPS) is 14.7. The first-order valence-electron chi connectivity index (χ1n) is 7.17. The van der Waals surface area contributed by atoms with Gasteiger partial charge in [0.15, 0.2) is 5.54 Å². The largest absolute Gasteiger partial charge is 0.480 e. The van der Waals surface area contributed by atoms with Crippen molar-refractivity contribution in [2.75, 3.05) is 6.54 Å².